The second kappa shape index (κ2) is 10.5. The van der Waals surface area contributed by atoms with Gasteiger partial charge >= 0.3 is 5.97 Å². The third kappa shape index (κ3) is 6.32. The minimum atomic E-state index is -0.758. The van der Waals surface area contributed by atoms with Gasteiger partial charge in [0.05, 0.1) is 12.2 Å². The van der Waals surface area contributed by atoms with Gasteiger partial charge in [0, 0.05) is 17.7 Å². The molecule has 0 aromatic heterocycles. The van der Waals surface area contributed by atoms with Crippen LogP contribution in [0.1, 0.15) is 77.0 Å². The molecular formula is C24H37ClO4. The molecule has 0 bridgehead atoms. The van der Waals surface area contributed by atoms with Crippen LogP contribution in [0.3, 0.4) is 0 Å². The molecule has 1 unspecified atom stereocenters. The van der Waals surface area contributed by atoms with Gasteiger partial charge in [-0.3, -0.25) is 4.79 Å². The van der Waals surface area contributed by atoms with E-state index < -0.39 is 12.1 Å². The maximum atomic E-state index is 10.8. The minimum absolute atomic E-state index is 0.0224. The third-order valence-corrected chi connectivity index (χ3v) is 7.87. The number of hydrogen-bond donors (Lipinski definition) is 3. The molecule has 3 aliphatic rings. The van der Waals surface area contributed by atoms with E-state index in [0.717, 1.165) is 31.6 Å². The van der Waals surface area contributed by atoms with Gasteiger partial charge in [-0.15, -0.1) is 11.6 Å². The lowest BCUT2D eigenvalue weighted by molar-refractivity contribution is -0.137. The van der Waals surface area contributed by atoms with Crippen LogP contribution in [-0.4, -0.2) is 38.9 Å². The Labute approximate surface area is 180 Å². The van der Waals surface area contributed by atoms with Gasteiger partial charge in [-0.2, -0.15) is 0 Å². The molecule has 29 heavy (non-hydrogen) atoms. The molecule has 0 aliphatic heterocycles. The number of allylic oxidation sites excluding steroid dienone is 2. The van der Waals surface area contributed by atoms with Crippen LogP contribution >= 0.6 is 11.6 Å². The highest BCUT2D eigenvalue weighted by molar-refractivity contribution is 6.21. The van der Waals surface area contributed by atoms with E-state index in [0.29, 0.717) is 19.3 Å². The first kappa shape index (κ1) is 22.8. The third-order valence-electron chi connectivity index (χ3n) is 7.37. The van der Waals surface area contributed by atoms with Crippen LogP contribution in [-0.2, 0) is 4.79 Å². The van der Waals surface area contributed by atoms with Gasteiger partial charge in [0.2, 0.25) is 0 Å². The second-order valence-electron chi connectivity index (χ2n) is 9.60. The average Bonchev–Trinajstić information content (AvgIpc) is 3.41. The van der Waals surface area contributed by atoms with Crippen LogP contribution in [0.2, 0.25) is 0 Å². The summed E-state index contributed by atoms with van der Waals surface area (Å²) >= 11 is 6.50. The van der Waals surface area contributed by atoms with E-state index in [1.807, 2.05) is 6.08 Å². The van der Waals surface area contributed by atoms with Crippen molar-refractivity contribution in [3.05, 3.63) is 24.3 Å². The van der Waals surface area contributed by atoms with Crippen molar-refractivity contribution in [2.24, 2.45) is 23.2 Å². The fourth-order valence-corrected chi connectivity index (χ4v) is 5.68. The molecule has 0 saturated heterocycles. The Morgan fingerprint density at radius 1 is 1.21 bits per heavy atom. The predicted molar refractivity (Wildman–Crippen MR) is 116 cm³/mol. The summed E-state index contributed by atoms with van der Waals surface area (Å²) in [5.41, 5.74) is 0.146. The quantitative estimate of drug-likeness (QED) is 0.232. The zero-order valence-corrected chi connectivity index (χ0v) is 18.1. The van der Waals surface area contributed by atoms with E-state index in [4.69, 9.17) is 16.7 Å². The van der Waals surface area contributed by atoms with Crippen molar-refractivity contribution in [2.45, 2.75) is 94.6 Å². The summed E-state index contributed by atoms with van der Waals surface area (Å²) in [6, 6.07) is 0. The molecule has 5 atom stereocenters. The molecule has 0 aromatic rings. The van der Waals surface area contributed by atoms with Crippen molar-refractivity contribution in [3.8, 4) is 0 Å². The normalized spacial score (nSPS) is 32.7. The Bertz CT molecular complexity index is 594. The molecule has 0 heterocycles. The number of hydrogen-bond acceptors (Lipinski definition) is 3. The molecule has 0 aromatic carbocycles. The van der Waals surface area contributed by atoms with E-state index in [2.05, 4.69) is 18.2 Å². The molecular weight excluding hydrogens is 388 g/mol. The lowest BCUT2D eigenvalue weighted by Crippen LogP contribution is -2.41. The highest BCUT2D eigenvalue weighted by Crippen LogP contribution is 2.53. The zero-order chi connectivity index (χ0) is 20.9. The number of alkyl halides is 1. The first-order valence-electron chi connectivity index (χ1n) is 11.4. The largest absolute Gasteiger partial charge is 0.481 e. The number of aliphatic hydroxyl groups excluding tert-OH is 2. The number of aliphatic carboxylic acids is 1. The highest BCUT2D eigenvalue weighted by atomic mass is 35.5. The summed E-state index contributed by atoms with van der Waals surface area (Å²) in [6.45, 7) is 0. The Hall–Kier alpha value is -0.840. The van der Waals surface area contributed by atoms with Crippen molar-refractivity contribution < 1.29 is 20.1 Å². The van der Waals surface area contributed by atoms with Crippen molar-refractivity contribution in [2.75, 3.05) is 0 Å². The number of rotatable bonds is 12. The van der Waals surface area contributed by atoms with Gasteiger partial charge in [0.15, 0.2) is 0 Å². The van der Waals surface area contributed by atoms with Crippen LogP contribution < -0.4 is 0 Å². The molecule has 3 aliphatic carbocycles. The van der Waals surface area contributed by atoms with Crippen LogP contribution in [0.4, 0.5) is 0 Å². The molecule has 0 radical (unpaired) electrons. The standard InChI is InChI=1S/C24H37ClO4/c25-20-15-21(26)19(18(20)7-3-1-2-4-10-23(28)29)8-5-9-22(27)24(13-6-14-24)16-17-11-12-17/h1,3,5,8,17-22,26-27H,2,4,6-7,9-16H2,(H,28,29)/t18-,19-,20-,21-,22?/m1/s1. The predicted octanol–water partition coefficient (Wildman–Crippen LogP) is 5.07. The summed E-state index contributed by atoms with van der Waals surface area (Å²) in [6.07, 6.45) is 18.6. The molecule has 0 amide bonds. The van der Waals surface area contributed by atoms with E-state index >= 15 is 0 Å². The average molecular weight is 425 g/mol. The smallest absolute Gasteiger partial charge is 0.303 e. The molecule has 164 valence electrons. The Balaban J connectivity index is 1.47. The molecule has 5 heteroatoms. The SMILES string of the molecule is O=C(O)CCCC=CC[C@@H]1[C@@H](C=CCC(O)C2(CC3CC3)CCC2)[C@H](O)C[C@H]1Cl. The molecule has 3 saturated carbocycles. The van der Waals surface area contributed by atoms with Crippen LogP contribution in [0, 0.1) is 23.2 Å². The molecule has 3 rings (SSSR count). The molecule has 3 fully saturated rings. The van der Waals surface area contributed by atoms with Crippen molar-refractivity contribution >= 4 is 17.6 Å². The fraction of sp³-hybridized carbons (Fsp3) is 0.792. The monoisotopic (exact) mass is 424 g/mol. The summed E-state index contributed by atoms with van der Waals surface area (Å²) in [5.74, 6) is 0.287. The Morgan fingerprint density at radius 3 is 2.59 bits per heavy atom. The van der Waals surface area contributed by atoms with Gasteiger partial charge < -0.3 is 15.3 Å². The molecule has 4 nitrogen and oxygen atoms in total. The summed E-state index contributed by atoms with van der Waals surface area (Å²) in [7, 11) is 0. The van der Waals surface area contributed by atoms with Crippen molar-refractivity contribution in [1.29, 1.82) is 0 Å². The summed E-state index contributed by atoms with van der Waals surface area (Å²) < 4.78 is 0. The first-order chi connectivity index (χ1) is 13.9. The number of unbranched alkanes of at least 4 members (excludes halogenated alkanes) is 1. The molecule has 3 N–H and O–H groups in total. The van der Waals surface area contributed by atoms with Crippen molar-refractivity contribution in [1.82, 2.24) is 0 Å². The topological polar surface area (TPSA) is 77.8 Å². The van der Waals surface area contributed by atoms with Gasteiger partial charge in [-0.25, -0.2) is 0 Å². The maximum Gasteiger partial charge on any atom is 0.303 e. The van der Waals surface area contributed by atoms with E-state index in [-0.39, 0.29) is 35.2 Å². The van der Waals surface area contributed by atoms with Crippen LogP contribution in [0.5, 0.6) is 0 Å². The number of carboxylic acids is 1. The first-order valence-corrected chi connectivity index (χ1v) is 11.9. The number of carbonyl (C=O) groups is 1. The summed E-state index contributed by atoms with van der Waals surface area (Å²) in [4.78, 5) is 10.6. The van der Waals surface area contributed by atoms with Crippen molar-refractivity contribution in [3.63, 3.8) is 0 Å². The maximum absolute atomic E-state index is 10.8. The van der Waals surface area contributed by atoms with Gasteiger partial charge in [0.1, 0.15) is 0 Å². The molecule has 0 spiro atoms. The Morgan fingerprint density at radius 2 is 1.97 bits per heavy atom. The zero-order valence-electron chi connectivity index (χ0n) is 17.4. The highest BCUT2D eigenvalue weighted by Gasteiger charge is 2.46. The fourth-order valence-electron chi connectivity index (χ4n) is 5.22. The van der Waals surface area contributed by atoms with Crippen LogP contribution in [0.15, 0.2) is 24.3 Å². The second-order valence-corrected chi connectivity index (χ2v) is 10.2. The lowest BCUT2D eigenvalue weighted by atomic mass is 9.61. The van der Waals surface area contributed by atoms with Gasteiger partial charge in [0.25, 0.3) is 0 Å². The van der Waals surface area contributed by atoms with E-state index in [9.17, 15) is 15.0 Å². The van der Waals surface area contributed by atoms with E-state index in [1.54, 1.807) is 0 Å². The lowest BCUT2D eigenvalue weighted by Gasteiger charge is -2.46. The number of carboxylic acid groups (broad SMARTS) is 1. The summed E-state index contributed by atoms with van der Waals surface area (Å²) in [5, 5.41) is 29.9. The minimum Gasteiger partial charge on any atom is -0.481 e. The Kier molecular flexibility index (Phi) is 8.23. The van der Waals surface area contributed by atoms with Gasteiger partial charge in [-0.05, 0) is 68.6 Å². The van der Waals surface area contributed by atoms with Crippen LogP contribution in [0.25, 0.3) is 0 Å². The number of halogens is 1. The van der Waals surface area contributed by atoms with E-state index in [1.165, 1.54) is 25.7 Å². The van der Waals surface area contributed by atoms with Gasteiger partial charge in [-0.1, -0.05) is 43.6 Å². The number of aliphatic hydroxyl groups is 2.